The molecule has 5 nitrogen and oxygen atoms in total. The summed E-state index contributed by atoms with van der Waals surface area (Å²) in [6, 6.07) is 3.01. The maximum Gasteiger partial charge on any atom is 0.240 e. The van der Waals surface area contributed by atoms with Crippen molar-refractivity contribution in [1.29, 1.82) is 0 Å². The molecule has 19 heavy (non-hydrogen) atoms. The fraction of sp³-hybridized carbons (Fsp3) is 0.615. The fourth-order valence-electron chi connectivity index (χ4n) is 1.34. The first kappa shape index (κ1) is 15.9. The Morgan fingerprint density at radius 2 is 2.00 bits per heavy atom. The van der Waals surface area contributed by atoms with Crippen LogP contribution in [-0.2, 0) is 10.0 Å². The summed E-state index contributed by atoms with van der Waals surface area (Å²) in [7, 11) is -1.78. The van der Waals surface area contributed by atoms with Crippen molar-refractivity contribution < 1.29 is 8.42 Å². The Labute approximate surface area is 115 Å². The normalized spacial score (nSPS) is 14.2. The number of nitrogens with zero attached hydrogens (tertiary/aromatic N) is 1. The quantitative estimate of drug-likeness (QED) is 0.869. The number of aromatic nitrogens is 1. The third-order valence-corrected chi connectivity index (χ3v) is 4.78. The van der Waals surface area contributed by atoms with E-state index in [-0.39, 0.29) is 16.2 Å². The van der Waals surface area contributed by atoms with Gasteiger partial charge in [-0.3, -0.25) is 0 Å². The van der Waals surface area contributed by atoms with Gasteiger partial charge < -0.3 is 5.32 Å². The molecule has 0 saturated heterocycles. The maximum absolute atomic E-state index is 12.2. The van der Waals surface area contributed by atoms with E-state index in [1.807, 2.05) is 6.92 Å². The van der Waals surface area contributed by atoms with Crippen LogP contribution in [0.15, 0.2) is 23.2 Å². The molecule has 0 aliphatic rings. The lowest BCUT2D eigenvalue weighted by atomic mass is 9.82. The van der Waals surface area contributed by atoms with Crippen molar-refractivity contribution >= 4 is 15.8 Å². The Bertz CT molecular complexity index is 521. The van der Waals surface area contributed by atoms with Gasteiger partial charge in [0.05, 0.1) is 4.90 Å². The van der Waals surface area contributed by atoms with Crippen LogP contribution in [0.5, 0.6) is 0 Å². The minimum Gasteiger partial charge on any atom is -0.373 e. The van der Waals surface area contributed by atoms with Crippen LogP contribution in [0, 0.1) is 11.3 Å². The lowest BCUT2D eigenvalue weighted by molar-refractivity contribution is 0.263. The zero-order valence-electron chi connectivity index (χ0n) is 12.2. The fourth-order valence-corrected chi connectivity index (χ4v) is 2.48. The molecule has 2 N–H and O–H groups in total. The average Bonchev–Trinajstić information content (AvgIpc) is 2.35. The van der Waals surface area contributed by atoms with E-state index in [2.05, 4.69) is 35.8 Å². The molecule has 1 rings (SSSR count). The molecule has 1 atom stereocenters. The van der Waals surface area contributed by atoms with Crippen molar-refractivity contribution in [3.63, 3.8) is 0 Å². The van der Waals surface area contributed by atoms with Gasteiger partial charge in [0.1, 0.15) is 5.82 Å². The zero-order valence-corrected chi connectivity index (χ0v) is 13.0. The first-order valence-corrected chi connectivity index (χ1v) is 7.78. The van der Waals surface area contributed by atoms with Gasteiger partial charge in [0.2, 0.25) is 10.0 Å². The minimum absolute atomic E-state index is 0.0664. The van der Waals surface area contributed by atoms with Crippen LogP contribution in [-0.4, -0.2) is 27.0 Å². The Morgan fingerprint density at radius 1 is 1.37 bits per heavy atom. The van der Waals surface area contributed by atoms with Crippen LogP contribution in [0.25, 0.3) is 0 Å². The number of rotatable bonds is 5. The third-order valence-electron chi connectivity index (χ3n) is 3.36. The summed E-state index contributed by atoms with van der Waals surface area (Å²) < 4.78 is 27.0. The van der Waals surface area contributed by atoms with Gasteiger partial charge in [0.15, 0.2) is 0 Å². The van der Waals surface area contributed by atoms with Crippen molar-refractivity contribution in [3.8, 4) is 0 Å². The van der Waals surface area contributed by atoms with Crippen molar-refractivity contribution in [2.24, 2.45) is 11.3 Å². The number of sulfonamides is 1. The molecule has 1 aromatic heterocycles. The number of pyridine rings is 1. The summed E-state index contributed by atoms with van der Waals surface area (Å²) >= 11 is 0. The van der Waals surface area contributed by atoms with Crippen LogP contribution in [0.4, 0.5) is 5.82 Å². The molecule has 0 bridgehead atoms. The Morgan fingerprint density at radius 3 is 2.53 bits per heavy atom. The second-order valence-electron chi connectivity index (χ2n) is 5.75. The molecule has 0 fully saturated rings. The van der Waals surface area contributed by atoms with Crippen molar-refractivity contribution in [3.05, 3.63) is 18.3 Å². The van der Waals surface area contributed by atoms with Crippen LogP contribution < -0.4 is 10.0 Å². The van der Waals surface area contributed by atoms with Gasteiger partial charge in [0.25, 0.3) is 0 Å². The lowest BCUT2D eigenvalue weighted by Crippen LogP contribution is -2.33. The smallest absolute Gasteiger partial charge is 0.240 e. The van der Waals surface area contributed by atoms with E-state index >= 15 is 0 Å². The third kappa shape index (κ3) is 4.47. The molecule has 0 aliphatic heterocycles. The molecular formula is C13H23N3O2S. The molecular weight excluding hydrogens is 262 g/mol. The van der Waals surface area contributed by atoms with E-state index in [0.29, 0.717) is 12.4 Å². The van der Waals surface area contributed by atoms with E-state index in [4.69, 9.17) is 0 Å². The Kier molecular flexibility index (Phi) is 4.92. The summed E-state index contributed by atoms with van der Waals surface area (Å²) in [4.78, 5) is 4.23. The van der Waals surface area contributed by atoms with E-state index in [0.717, 1.165) is 0 Å². The number of hydrogen-bond donors (Lipinski definition) is 2. The zero-order chi connectivity index (χ0) is 14.7. The highest BCUT2D eigenvalue weighted by Crippen LogP contribution is 2.25. The molecule has 0 saturated carbocycles. The van der Waals surface area contributed by atoms with Crippen LogP contribution in [0.2, 0.25) is 0 Å². The van der Waals surface area contributed by atoms with Gasteiger partial charge in [-0.25, -0.2) is 18.1 Å². The molecule has 0 amide bonds. The van der Waals surface area contributed by atoms with Crippen LogP contribution in [0.1, 0.15) is 27.7 Å². The summed E-state index contributed by atoms with van der Waals surface area (Å²) in [5.74, 6) is 0.777. The molecule has 1 unspecified atom stereocenters. The lowest BCUT2D eigenvalue weighted by Gasteiger charge is -2.27. The number of hydrogen-bond acceptors (Lipinski definition) is 4. The van der Waals surface area contributed by atoms with Crippen molar-refractivity contribution in [2.45, 2.75) is 32.6 Å². The highest BCUT2D eigenvalue weighted by atomic mass is 32.2. The molecule has 0 radical (unpaired) electrons. The molecule has 108 valence electrons. The van der Waals surface area contributed by atoms with Gasteiger partial charge in [-0.05, 0) is 17.4 Å². The predicted octanol–water partition coefficient (Wildman–Crippen LogP) is 2.08. The minimum atomic E-state index is -3.48. The highest BCUT2D eigenvalue weighted by Gasteiger charge is 2.22. The second-order valence-corrected chi connectivity index (χ2v) is 7.51. The summed E-state index contributed by atoms with van der Waals surface area (Å²) in [5.41, 5.74) is 0.0664. The SMILES string of the molecule is CNc1cc(S(=O)(=O)NCC(C)C(C)(C)C)ccn1. The maximum atomic E-state index is 12.2. The number of nitrogens with one attached hydrogen (secondary N) is 2. The van der Waals surface area contributed by atoms with E-state index in [1.165, 1.54) is 18.3 Å². The monoisotopic (exact) mass is 285 g/mol. The predicted molar refractivity (Wildman–Crippen MR) is 77.6 cm³/mol. The first-order valence-electron chi connectivity index (χ1n) is 6.30. The van der Waals surface area contributed by atoms with Crippen molar-refractivity contribution in [2.75, 3.05) is 18.9 Å². The van der Waals surface area contributed by atoms with Crippen molar-refractivity contribution in [1.82, 2.24) is 9.71 Å². The van der Waals surface area contributed by atoms with Crippen LogP contribution >= 0.6 is 0 Å². The van der Waals surface area contributed by atoms with E-state index < -0.39 is 10.0 Å². The Hall–Kier alpha value is -1.14. The average molecular weight is 285 g/mol. The molecule has 1 heterocycles. The van der Waals surface area contributed by atoms with Gasteiger partial charge in [0, 0.05) is 25.9 Å². The summed E-state index contributed by atoms with van der Waals surface area (Å²) in [6.07, 6.45) is 1.48. The number of anilines is 1. The molecule has 0 aliphatic carbocycles. The largest absolute Gasteiger partial charge is 0.373 e. The Balaban J connectivity index is 2.81. The van der Waals surface area contributed by atoms with Gasteiger partial charge in [-0.2, -0.15) is 0 Å². The van der Waals surface area contributed by atoms with Gasteiger partial charge >= 0.3 is 0 Å². The van der Waals surface area contributed by atoms with Crippen LogP contribution in [0.3, 0.4) is 0 Å². The highest BCUT2D eigenvalue weighted by molar-refractivity contribution is 7.89. The second kappa shape index (κ2) is 5.88. The van der Waals surface area contributed by atoms with Gasteiger partial charge in [-0.1, -0.05) is 27.7 Å². The first-order chi connectivity index (χ1) is 8.66. The molecule has 6 heteroatoms. The standard InChI is InChI=1S/C13H23N3O2S/c1-10(13(2,3)4)9-16-19(17,18)11-6-7-15-12(8-11)14-5/h6-8,10,16H,9H2,1-5H3,(H,14,15). The summed E-state index contributed by atoms with van der Waals surface area (Å²) in [6.45, 7) is 8.74. The van der Waals surface area contributed by atoms with Gasteiger partial charge in [-0.15, -0.1) is 0 Å². The molecule has 0 aromatic carbocycles. The molecule has 1 aromatic rings. The van der Waals surface area contributed by atoms with E-state index in [1.54, 1.807) is 7.05 Å². The molecule has 0 spiro atoms. The van der Waals surface area contributed by atoms with E-state index in [9.17, 15) is 8.42 Å². The summed E-state index contributed by atoms with van der Waals surface area (Å²) in [5, 5.41) is 2.83. The topological polar surface area (TPSA) is 71.1 Å².